The van der Waals surface area contributed by atoms with E-state index >= 15 is 0 Å². The van der Waals surface area contributed by atoms with Crippen LogP contribution in [-0.2, 0) is 5.33 Å². The second-order valence-electron chi connectivity index (χ2n) is 4.35. The Kier molecular flexibility index (Phi) is 4.71. The first kappa shape index (κ1) is 12.4. The molecule has 0 amide bonds. The highest BCUT2D eigenvalue weighted by atomic mass is 79.9. The molecule has 3 heteroatoms. The van der Waals surface area contributed by atoms with E-state index in [0.29, 0.717) is 0 Å². The fraction of sp³-hybridized carbons (Fsp3) is 0.538. The molecular formula is C13H16Br2O. The molecule has 0 N–H and O–H groups in total. The first-order chi connectivity index (χ1) is 7.79. The third kappa shape index (κ3) is 3.24. The lowest BCUT2D eigenvalue weighted by atomic mass is 10.1. The fourth-order valence-electron chi connectivity index (χ4n) is 2.13. The van der Waals surface area contributed by atoms with Gasteiger partial charge in [0.15, 0.2) is 0 Å². The SMILES string of the molecule is BrCc1cc(OCC2CCCC2)ccc1Br. The maximum Gasteiger partial charge on any atom is 0.119 e. The lowest BCUT2D eigenvalue weighted by Gasteiger charge is -2.12. The molecule has 0 aromatic heterocycles. The summed E-state index contributed by atoms with van der Waals surface area (Å²) in [5, 5.41) is 0.855. The van der Waals surface area contributed by atoms with Crippen molar-refractivity contribution in [1.82, 2.24) is 0 Å². The van der Waals surface area contributed by atoms with Crippen LogP contribution in [-0.4, -0.2) is 6.61 Å². The zero-order chi connectivity index (χ0) is 11.4. The summed E-state index contributed by atoms with van der Waals surface area (Å²) in [6, 6.07) is 6.19. The Morgan fingerprint density at radius 1 is 1.25 bits per heavy atom. The highest BCUT2D eigenvalue weighted by molar-refractivity contribution is 9.10. The minimum absolute atomic E-state index is 0.774. The zero-order valence-corrected chi connectivity index (χ0v) is 12.4. The van der Waals surface area contributed by atoms with Crippen molar-refractivity contribution in [2.75, 3.05) is 6.61 Å². The van der Waals surface area contributed by atoms with E-state index in [9.17, 15) is 0 Å². The van der Waals surface area contributed by atoms with Gasteiger partial charge in [0.25, 0.3) is 0 Å². The lowest BCUT2D eigenvalue weighted by molar-refractivity contribution is 0.252. The molecule has 0 radical (unpaired) electrons. The minimum atomic E-state index is 0.774. The number of benzene rings is 1. The maximum absolute atomic E-state index is 5.85. The van der Waals surface area contributed by atoms with Gasteiger partial charge in [0.05, 0.1) is 6.61 Å². The molecule has 0 spiro atoms. The topological polar surface area (TPSA) is 9.23 Å². The molecule has 0 saturated heterocycles. The van der Waals surface area contributed by atoms with Crippen molar-refractivity contribution in [2.45, 2.75) is 31.0 Å². The van der Waals surface area contributed by atoms with Gasteiger partial charge < -0.3 is 4.74 Å². The summed E-state index contributed by atoms with van der Waals surface area (Å²) in [5.41, 5.74) is 1.24. The van der Waals surface area contributed by atoms with Crippen LogP contribution in [0, 0.1) is 5.92 Å². The number of ether oxygens (including phenoxy) is 1. The normalized spacial score (nSPS) is 16.6. The van der Waals surface area contributed by atoms with Crippen LogP contribution in [0.3, 0.4) is 0 Å². The van der Waals surface area contributed by atoms with E-state index in [1.165, 1.54) is 31.2 Å². The van der Waals surface area contributed by atoms with Crippen LogP contribution >= 0.6 is 31.9 Å². The lowest BCUT2D eigenvalue weighted by Crippen LogP contribution is -2.08. The molecular weight excluding hydrogens is 332 g/mol. The monoisotopic (exact) mass is 346 g/mol. The highest BCUT2D eigenvalue weighted by Gasteiger charge is 2.15. The summed E-state index contributed by atoms with van der Waals surface area (Å²) in [5.74, 6) is 1.76. The van der Waals surface area contributed by atoms with Crippen LogP contribution in [0.2, 0.25) is 0 Å². The van der Waals surface area contributed by atoms with E-state index in [0.717, 1.165) is 28.1 Å². The Bertz CT molecular complexity index is 346. The standard InChI is InChI=1S/C13H16Br2O/c14-8-11-7-12(5-6-13(11)15)16-9-10-3-1-2-4-10/h5-7,10H,1-4,8-9H2. The average molecular weight is 348 g/mol. The molecule has 0 bridgehead atoms. The van der Waals surface area contributed by atoms with Crippen LogP contribution < -0.4 is 4.74 Å². The van der Waals surface area contributed by atoms with Crippen LogP contribution in [0.4, 0.5) is 0 Å². The van der Waals surface area contributed by atoms with Crippen molar-refractivity contribution in [3.8, 4) is 5.75 Å². The first-order valence-corrected chi connectivity index (χ1v) is 7.68. The molecule has 1 aromatic rings. The molecule has 0 atom stereocenters. The molecule has 1 fully saturated rings. The predicted octanol–water partition coefficient (Wildman–Crippen LogP) is 4.91. The van der Waals surface area contributed by atoms with Gasteiger partial charge in [-0.1, -0.05) is 44.7 Å². The molecule has 1 nitrogen and oxygen atoms in total. The van der Waals surface area contributed by atoms with Gasteiger partial charge in [0.2, 0.25) is 0 Å². The molecule has 0 unspecified atom stereocenters. The third-order valence-electron chi connectivity index (χ3n) is 3.12. The Labute approximate surface area is 114 Å². The minimum Gasteiger partial charge on any atom is -0.493 e. The Morgan fingerprint density at radius 2 is 2.00 bits per heavy atom. The Hall–Kier alpha value is -0.0200. The van der Waals surface area contributed by atoms with Gasteiger partial charge in [-0.3, -0.25) is 0 Å². The van der Waals surface area contributed by atoms with Gasteiger partial charge in [-0.05, 0) is 42.5 Å². The molecule has 1 aliphatic carbocycles. The van der Waals surface area contributed by atoms with E-state index in [1.54, 1.807) is 0 Å². The molecule has 1 aromatic carbocycles. The average Bonchev–Trinajstić information content (AvgIpc) is 2.81. The summed E-state index contributed by atoms with van der Waals surface area (Å²) < 4.78 is 6.98. The third-order valence-corrected chi connectivity index (χ3v) is 4.50. The van der Waals surface area contributed by atoms with Crippen molar-refractivity contribution in [3.05, 3.63) is 28.2 Å². The van der Waals surface area contributed by atoms with Gasteiger partial charge in [-0.25, -0.2) is 0 Å². The van der Waals surface area contributed by atoms with Crippen LogP contribution in [0.5, 0.6) is 5.75 Å². The number of rotatable bonds is 4. The molecule has 1 aliphatic rings. The quantitative estimate of drug-likeness (QED) is 0.703. The van der Waals surface area contributed by atoms with Gasteiger partial charge in [0.1, 0.15) is 5.75 Å². The molecule has 0 heterocycles. The fourth-order valence-corrected chi connectivity index (χ4v) is 3.36. The second-order valence-corrected chi connectivity index (χ2v) is 5.76. The van der Waals surface area contributed by atoms with E-state index in [-0.39, 0.29) is 0 Å². The number of hydrogen-bond donors (Lipinski definition) is 0. The maximum atomic E-state index is 5.85. The van der Waals surface area contributed by atoms with Crippen molar-refractivity contribution >= 4 is 31.9 Å². The molecule has 1 saturated carbocycles. The van der Waals surface area contributed by atoms with Gasteiger partial charge >= 0.3 is 0 Å². The van der Waals surface area contributed by atoms with Crippen LogP contribution in [0.1, 0.15) is 31.2 Å². The summed E-state index contributed by atoms with van der Waals surface area (Å²) in [6.45, 7) is 0.878. The van der Waals surface area contributed by atoms with E-state index in [2.05, 4.69) is 44.0 Å². The molecule has 0 aliphatic heterocycles. The largest absolute Gasteiger partial charge is 0.493 e. The number of hydrogen-bond acceptors (Lipinski definition) is 1. The van der Waals surface area contributed by atoms with Crippen molar-refractivity contribution in [3.63, 3.8) is 0 Å². The van der Waals surface area contributed by atoms with E-state index in [4.69, 9.17) is 4.74 Å². The second kappa shape index (κ2) is 6.06. The Morgan fingerprint density at radius 3 is 2.69 bits per heavy atom. The predicted molar refractivity (Wildman–Crippen MR) is 74.2 cm³/mol. The van der Waals surface area contributed by atoms with Crippen LogP contribution in [0.15, 0.2) is 22.7 Å². The molecule has 88 valence electrons. The van der Waals surface area contributed by atoms with E-state index < -0.39 is 0 Å². The van der Waals surface area contributed by atoms with Gasteiger partial charge in [-0.2, -0.15) is 0 Å². The van der Waals surface area contributed by atoms with Gasteiger partial charge in [-0.15, -0.1) is 0 Å². The van der Waals surface area contributed by atoms with Crippen LogP contribution in [0.25, 0.3) is 0 Å². The van der Waals surface area contributed by atoms with E-state index in [1.807, 2.05) is 6.07 Å². The van der Waals surface area contributed by atoms with Gasteiger partial charge in [0, 0.05) is 9.80 Å². The highest BCUT2D eigenvalue weighted by Crippen LogP contribution is 2.28. The number of halogens is 2. The summed E-state index contributed by atoms with van der Waals surface area (Å²) in [6.07, 6.45) is 5.42. The smallest absolute Gasteiger partial charge is 0.119 e. The number of alkyl halides is 1. The van der Waals surface area contributed by atoms with Crippen molar-refractivity contribution in [1.29, 1.82) is 0 Å². The van der Waals surface area contributed by atoms with Crippen molar-refractivity contribution in [2.24, 2.45) is 5.92 Å². The summed E-state index contributed by atoms with van der Waals surface area (Å²) >= 11 is 7.00. The summed E-state index contributed by atoms with van der Waals surface area (Å²) in [4.78, 5) is 0. The first-order valence-electron chi connectivity index (χ1n) is 5.77. The zero-order valence-electron chi connectivity index (χ0n) is 9.22. The Balaban J connectivity index is 1.93. The summed E-state index contributed by atoms with van der Waals surface area (Å²) in [7, 11) is 0. The molecule has 2 rings (SSSR count). The van der Waals surface area contributed by atoms with Crippen molar-refractivity contribution < 1.29 is 4.74 Å². The molecule has 16 heavy (non-hydrogen) atoms.